The Bertz CT molecular complexity index is 542. The van der Waals surface area contributed by atoms with Crippen molar-refractivity contribution in [1.29, 1.82) is 0 Å². The maximum absolute atomic E-state index is 13.9. The van der Waals surface area contributed by atoms with Crippen LogP contribution in [0.25, 0.3) is 0 Å². The van der Waals surface area contributed by atoms with E-state index in [1.165, 1.54) is 18.9 Å². The summed E-state index contributed by atoms with van der Waals surface area (Å²) in [4.78, 5) is 16.9. The first-order valence-corrected chi connectivity index (χ1v) is 7.84. The van der Waals surface area contributed by atoms with Gasteiger partial charge in [0.25, 0.3) is 5.91 Å². The van der Waals surface area contributed by atoms with Crippen LogP contribution in [0.4, 0.5) is 4.39 Å². The molecule has 3 rings (SSSR count). The number of carbonyl (C=O) groups is 1. The van der Waals surface area contributed by atoms with Crippen molar-refractivity contribution in [1.82, 2.24) is 9.80 Å². The number of rotatable bonds is 2. The number of aryl methyl sites for hydroxylation is 1. The summed E-state index contributed by atoms with van der Waals surface area (Å²) in [6.07, 6.45) is 2.57. The molecule has 1 aromatic carbocycles. The fraction of sp³-hybridized carbons (Fsp3) is 0.588. The van der Waals surface area contributed by atoms with Crippen molar-refractivity contribution in [2.45, 2.75) is 32.7 Å². The molecule has 1 saturated heterocycles. The Labute approximate surface area is 125 Å². The highest BCUT2D eigenvalue weighted by atomic mass is 19.1. The van der Waals surface area contributed by atoms with Crippen molar-refractivity contribution in [3.63, 3.8) is 0 Å². The molecule has 1 aliphatic carbocycles. The number of hydrogen-bond acceptors (Lipinski definition) is 2. The fourth-order valence-electron chi connectivity index (χ4n) is 3.20. The van der Waals surface area contributed by atoms with Gasteiger partial charge in [-0.2, -0.15) is 0 Å². The van der Waals surface area contributed by atoms with Gasteiger partial charge in [0.1, 0.15) is 5.82 Å². The van der Waals surface area contributed by atoms with Crippen molar-refractivity contribution in [2.75, 3.05) is 26.2 Å². The molecule has 1 aromatic rings. The Hall–Kier alpha value is -1.42. The molecule has 114 valence electrons. The molecule has 21 heavy (non-hydrogen) atoms. The highest BCUT2D eigenvalue weighted by Crippen LogP contribution is 2.28. The molecule has 4 heteroatoms. The summed E-state index contributed by atoms with van der Waals surface area (Å²) in [7, 11) is 0. The van der Waals surface area contributed by atoms with E-state index >= 15 is 0 Å². The number of halogens is 1. The number of nitrogens with zero attached hydrogens (tertiary/aromatic N) is 2. The zero-order valence-electron chi connectivity index (χ0n) is 12.8. The second-order valence-corrected chi connectivity index (χ2v) is 6.57. The van der Waals surface area contributed by atoms with Gasteiger partial charge >= 0.3 is 0 Å². The molecule has 2 fully saturated rings. The Balaban J connectivity index is 1.75. The molecule has 0 N–H and O–H groups in total. The first kappa shape index (κ1) is 14.5. The van der Waals surface area contributed by atoms with Gasteiger partial charge in [-0.3, -0.25) is 9.69 Å². The summed E-state index contributed by atoms with van der Waals surface area (Å²) < 4.78 is 13.9. The van der Waals surface area contributed by atoms with E-state index in [4.69, 9.17) is 0 Å². The van der Waals surface area contributed by atoms with Crippen LogP contribution in [0.15, 0.2) is 18.2 Å². The van der Waals surface area contributed by atoms with Gasteiger partial charge in [-0.15, -0.1) is 0 Å². The number of amides is 1. The third-order valence-electron chi connectivity index (χ3n) is 4.44. The maximum atomic E-state index is 13.9. The van der Waals surface area contributed by atoms with Crippen LogP contribution in [0.3, 0.4) is 0 Å². The Morgan fingerprint density at radius 1 is 1.24 bits per heavy atom. The normalized spacial score (nSPS) is 24.0. The van der Waals surface area contributed by atoms with E-state index in [0.29, 0.717) is 12.5 Å². The first-order valence-electron chi connectivity index (χ1n) is 7.84. The topological polar surface area (TPSA) is 23.6 Å². The maximum Gasteiger partial charge on any atom is 0.256 e. The van der Waals surface area contributed by atoms with Gasteiger partial charge in [0.2, 0.25) is 0 Å². The highest BCUT2D eigenvalue weighted by Gasteiger charge is 2.33. The SMILES string of the molecule is Cc1ccc(F)c(C(=O)N2CCN(C3CC3)CC(C)C2)c1. The van der Waals surface area contributed by atoms with Crippen LogP contribution in [0.1, 0.15) is 35.7 Å². The van der Waals surface area contributed by atoms with Crippen LogP contribution >= 0.6 is 0 Å². The third kappa shape index (κ3) is 3.26. The lowest BCUT2D eigenvalue weighted by molar-refractivity contribution is 0.0744. The van der Waals surface area contributed by atoms with Gasteiger partial charge in [-0.05, 0) is 37.8 Å². The van der Waals surface area contributed by atoms with Gasteiger partial charge in [0.05, 0.1) is 5.56 Å². The van der Waals surface area contributed by atoms with Crippen LogP contribution in [0.5, 0.6) is 0 Å². The van der Waals surface area contributed by atoms with E-state index in [0.717, 1.165) is 31.2 Å². The Morgan fingerprint density at radius 3 is 2.71 bits per heavy atom. The predicted molar refractivity (Wildman–Crippen MR) is 80.8 cm³/mol. The summed E-state index contributed by atoms with van der Waals surface area (Å²) in [6, 6.07) is 5.47. The van der Waals surface area contributed by atoms with Crippen molar-refractivity contribution < 1.29 is 9.18 Å². The molecule has 1 unspecified atom stereocenters. The largest absolute Gasteiger partial charge is 0.337 e. The molecule has 1 amide bonds. The van der Waals surface area contributed by atoms with Gasteiger partial charge in [-0.25, -0.2) is 4.39 Å². The van der Waals surface area contributed by atoms with Gasteiger partial charge in [0, 0.05) is 32.2 Å². The quantitative estimate of drug-likeness (QED) is 0.836. The zero-order valence-corrected chi connectivity index (χ0v) is 12.8. The average Bonchev–Trinajstić information content (AvgIpc) is 3.27. The van der Waals surface area contributed by atoms with Crippen molar-refractivity contribution in [2.24, 2.45) is 5.92 Å². The van der Waals surface area contributed by atoms with E-state index in [9.17, 15) is 9.18 Å². The molecule has 1 aliphatic heterocycles. The molecule has 1 heterocycles. The summed E-state index contributed by atoms with van der Waals surface area (Å²) in [5.41, 5.74) is 1.13. The summed E-state index contributed by atoms with van der Waals surface area (Å²) >= 11 is 0. The lowest BCUT2D eigenvalue weighted by Gasteiger charge is -2.22. The number of hydrogen-bond donors (Lipinski definition) is 0. The molecule has 1 atom stereocenters. The summed E-state index contributed by atoms with van der Waals surface area (Å²) in [5.74, 6) is -0.146. The van der Waals surface area contributed by atoms with E-state index in [1.54, 1.807) is 12.1 Å². The third-order valence-corrected chi connectivity index (χ3v) is 4.44. The van der Waals surface area contributed by atoms with E-state index in [1.807, 2.05) is 11.8 Å². The molecule has 0 bridgehead atoms. The molecule has 1 saturated carbocycles. The molecular weight excluding hydrogens is 267 g/mol. The molecule has 0 spiro atoms. The van der Waals surface area contributed by atoms with Crippen molar-refractivity contribution >= 4 is 5.91 Å². The minimum atomic E-state index is -0.415. The monoisotopic (exact) mass is 290 g/mol. The summed E-state index contributed by atoms with van der Waals surface area (Å²) in [6.45, 7) is 7.44. The van der Waals surface area contributed by atoms with E-state index in [-0.39, 0.29) is 11.5 Å². The minimum absolute atomic E-state index is 0.166. The van der Waals surface area contributed by atoms with Gasteiger partial charge < -0.3 is 4.90 Å². The Kier molecular flexibility index (Phi) is 3.98. The van der Waals surface area contributed by atoms with Gasteiger partial charge in [0.15, 0.2) is 0 Å². The van der Waals surface area contributed by atoms with Gasteiger partial charge in [-0.1, -0.05) is 18.6 Å². The Morgan fingerprint density at radius 2 is 2.00 bits per heavy atom. The predicted octanol–water partition coefficient (Wildman–Crippen LogP) is 2.69. The average molecular weight is 290 g/mol. The molecule has 0 radical (unpaired) electrons. The highest BCUT2D eigenvalue weighted by molar-refractivity contribution is 5.94. The first-order chi connectivity index (χ1) is 10.0. The van der Waals surface area contributed by atoms with Crippen LogP contribution in [-0.2, 0) is 0 Å². The standard InChI is InChI=1S/C17H23FN2O/c1-12-3-6-16(18)15(9-12)17(21)20-8-7-19(14-4-5-14)10-13(2)11-20/h3,6,9,13-14H,4-5,7-8,10-11H2,1-2H3. The minimum Gasteiger partial charge on any atom is -0.337 e. The van der Waals surface area contributed by atoms with Crippen molar-refractivity contribution in [3.8, 4) is 0 Å². The lowest BCUT2D eigenvalue weighted by Crippen LogP contribution is -2.36. The molecule has 2 aliphatic rings. The van der Waals surface area contributed by atoms with Crippen LogP contribution in [-0.4, -0.2) is 47.9 Å². The molecule has 3 nitrogen and oxygen atoms in total. The smallest absolute Gasteiger partial charge is 0.256 e. The second-order valence-electron chi connectivity index (χ2n) is 6.57. The van der Waals surface area contributed by atoms with Crippen LogP contribution in [0, 0.1) is 18.7 Å². The van der Waals surface area contributed by atoms with Crippen LogP contribution < -0.4 is 0 Å². The molecular formula is C17H23FN2O. The molecule has 0 aromatic heterocycles. The lowest BCUT2D eigenvalue weighted by atomic mass is 10.1. The van der Waals surface area contributed by atoms with Crippen LogP contribution in [0.2, 0.25) is 0 Å². The number of carbonyl (C=O) groups excluding carboxylic acids is 1. The second kappa shape index (κ2) is 5.76. The van der Waals surface area contributed by atoms with E-state index < -0.39 is 5.82 Å². The number of benzene rings is 1. The van der Waals surface area contributed by atoms with Crippen molar-refractivity contribution in [3.05, 3.63) is 35.1 Å². The zero-order chi connectivity index (χ0) is 15.0. The summed E-state index contributed by atoms with van der Waals surface area (Å²) in [5, 5.41) is 0. The fourth-order valence-corrected chi connectivity index (χ4v) is 3.20. The van der Waals surface area contributed by atoms with E-state index in [2.05, 4.69) is 11.8 Å².